The molecule has 7 nitrogen and oxygen atoms in total. The van der Waals surface area contributed by atoms with Crippen LogP contribution in [0.4, 0.5) is 0 Å². The molecule has 2 rings (SSSR count). The minimum absolute atomic E-state index is 0.106. The van der Waals surface area contributed by atoms with Gasteiger partial charge in [0, 0.05) is 19.6 Å². The lowest BCUT2D eigenvalue weighted by molar-refractivity contribution is 0.486. The van der Waals surface area contributed by atoms with E-state index in [9.17, 15) is 9.59 Å². The zero-order valence-electron chi connectivity index (χ0n) is 14.1. The third-order valence-corrected chi connectivity index (χ3v) is 3.54. The molecule has 0 amide bonds. The van der Waals surface area contributed by atoms with Crippen LogP contribution >= 0.6 is 0 Å². The number of rotatable bonds is 6. The fourth-order valence-corrected chi connectivity index (χ4v) is 2.66. The number of hydrogen-bond acceptors (Lipinski definition) is 4. The Bertz CT molecular complexity index is 848. The van der Waals surface area contributed by atoms with Crippen molar-refractivity contribution in [1.29, 1.82) is 5.26 Å². The van der Waals surface area contributed by atoms with Gasteiger partial charge >= 0.3 is 5.69 Å². The molecule has 2 aromatic heterocycles. The Morgan fingerprint density at radius 1 is 1.13 bits per heavy atom. The molecule has 0 aliphatic carbocycles. The lowest BCUT2D eigenvalue weighted by Crippen LogP contribution is -2.41. The van der Waals surface area contributed by atoms with Gasteiger partial charge in [0.05, 0.1) is 18.8 Å². The van der Waals surface area contributed by atoms with Gasteiger partial charge in [-0.25, -0.2) is 9.78 Å². The van der Waals surface area contributed by atoms with Gasteiger partial charge in [-0.2, -0.15) is 5.26 Å². The minimum Gasteiger partial charge on any atom is -0.324 e. The number of nitriles is 1. The molecule has 0 saturated carbocycles. The number of nitrogens with zero attached hydrogens (tertiary/aromatic N) is 5. The normalized spacial score (nSPS) is 11.5. The van der Waals surface area contributed by atoms with E-state index in [-0.39, 0.29) is 30.1 Å². The summed E-state index contributed by atoms with van der Waals surface area (Å²) in [5.74, 6) is 0.595. The van der Waals surface area contributed by atoms with Crippen LogP contribution in [0.2, 0.25) is 0 Å². The molecule has 2 aromatic rings. The highest BCUT2D eigenvalue weighted by Gasteiger charge is 2.18. The Labute approximate surface area is 134 Å². The van der Waals surface area contributed by atoms with Crippen LogP contribution in [0.15, 0.2) is 15.9 Å². The fourth-order valence-electron chi connectivity index (χ4n) is 2.66. The molecule has 7 heteroatoms. The summed E-state index contributed by atoms with van der Waals surface area (Å²) in [5, 5.41) is 8.78. The quantitative estimate of drug-likeness (QED) is 0.809. The van der Waals surface area contributed by atoms with E-state index in [1.165, 1.54) is 0 Å². The van der Waals surface area contributed by atoms with Gasteiger partial charge < -0.3 is 4.57 Å². The lowest BCUT2D eigenvalue weighted by Gasteiger charge is -2.14. The molecule has 0 unspecified atom stereocenters. The second kappa shape index (κ2) is 6.82. The van der Waals surface area contributed by atoms with Crippen molar-refractivity contribution in [2.24, 2.45) is 11.8 Å². The molecule has 0 aromatic carbocycles. The van der Waals surface area contributed by atoms with Crippen molar-refractivity contribution in [1.82, 2.24) is 18.7 Å². The van der Waals surface area contributed by atoms with Crippen LogP contribution in [0.1, 0.15) is 34.1 Å². The highest BCUT2D eigenvalue weighted by molar-refractivity contribution is 5.70. The van der Waals surface area contributed by atoms with Gasteiger partial charge in [-0.15, -0.1) is 0 Å². The number of fused-ring (bicyclic) bond motifs is 1. The summed E-state index contributed by atoms with van der Waals surface area (Å²) in [7, 11) is 0. The monoisotopic (exact) mass is 317 g/mol. The van der Waals surface area contributed by atoms with E-state index in [2.05, 4.69) is 18.8 Å². The average Bonchev–Trinajstić information content (AvgIpc) is 2.86. The van der Waals surface area contributed by atoms with E-state index in [0.29, 0.717) is 30.2 Å². The van der Waals surface area contributed by atoms with Gasteiger partial charge in [-0.05, 0) is 11.8 Å². The maximum Gasteiger partial charge on any atom is 0.332 e. The van der Waals surface area contributed by atoms with E-state index in [1.54, 1.807) is 10.9 Å². The predicted molar refractivity (Wildman–Crippen MR) is 88.2 cm³/mol. The molecular weight excluding hydrogens is 294 g/mol. The second-order valence-electron chi connectivity index (χ2n) is 6.61. The summed E-state index contributed by atoms with van der Waals surface area (Å²) in [6.45, 7) is 9.39. The molecule has 0 fully saturated rings. The van der Waals surface area contributed by atoms with Crippen LogP contribution in [0.5, 0.6) is 0 Å². The van der Waals surface area contributed by atoms with Gasteiger partial charge in [-0.3, -0.25) is 13.9 Å². The molecule has 124 valence electrons. The Morgan fingerprint density at radius 2 is 1.78 bits per heavy atom. The molecule has 0 spiro atoms. The first-order valence-electron chi connectivity index (χ1n) is 7.92. The Kier molecular flexibility index (Phi) is 5.04. The van der Waals surface area contributed by atoms with Crippen molar-refractivity contribution >= 4 is 11.2 Å². The van der Waals surface area contributed by atoms with E-state index in [0.717, 1.165) is 4.57 Å². The predicted octanol–water partition coefficient (Wildman–Crippen LogP) is 1.59. The molecule has 0 aliphatic rings. The summed E-state index contributed by atoms with van der Waals surface area (Å²) in [6.07, 6.45) is 1.75. The molecule has 23 heavy (non-hydrogen) atoms. The van der Waals surface area contributed by atoms with E-state index in [1.807, 2.05) is 24.5 Å². The topological polar surface area (TPSA) is 85.6 Å². The highest BCUT2D eigenvalue weighted by atomic mass is 16.2. The number of imidazole rings is 1. The average molecular weight is 317 g/mol. The first kappa shape index (κ1) is 17.0. The minimum atomic E-state index is -0.388. The van der Waals surface area contributed by atoms with Crippen molar-refractivity contribution in [3.8, 4) is 6.07 Å². The van der Waals surface area contributed by atoms with Crippen LogP contribution < -0.4 is 11.2 Å². The smallest absolute Gasteiger partial charge is 0.324 e. The van der Waals surface area contributed by atoms with Crippen molar-refractivity contribution in [3.63, 3.8) is 0 Å². The third kappa shape index (κ3) is 3.36. The Balaban J connectivity index is 2.77. The Morgan fingerprint density at radius 3 is 2.35 bits per heavy atom. The van der Waals surface area contributed by atoms with Gasteiger partial charge in [0.25, 0.3) is 5.56 Å². The van der Waals surface area contributed by atoms with Crippen LogP contribution in [0.25, 0.3) is 11.2 Å². The zero-order valence-corrected chi connectivity index (χ0v) is 14.1. The molecular formula is C16H23N5O2. The fraction of sp³-hybridized carbons (Fsp3) is 0.625. The van der Waals surface area contributed by atoms with Crippen LogP contribution in [-0.4, -0.2) is 18.7 Å². The van der Waals surface area contributed by atoms with Gasteiger partial charge in [0.15, 0.2) is 11.2 Å². The van der Waals surface area contributed by atoms with Crippen LogP contribution in [0.3, 0.4) is 0 Å². The summed E-state index contributed by atoms with van der Waals surface area (Å²) < 4.78 is 4.52. The summed E-state index contributed by atoms with van der Waals surface area (Å²) in [4.78, 5) is 29.7. The highest BCUT2D eigenvalue weighted by Crippen LogP contribution is 2.11. The van der Waals surface area contributed by atoms with E-state index >= 15 is 0 Å². The lowest BCUT2D eigenvalue weighted by atomic mass is 10.2. The van der Waals surface area contributed by atoms with Crippen molar-refractivity contribution in [2.45, 2.75) is 53.8 Å². The van der Waals surface area contributed by atoms with Crippen molar-refractivity contribution < 1.29 is 0 Å². The standard InChI is InChI=1S/C16H23N5O2/c1-11(2)8-19-10-18-14-13(19)15(22)20(7-5-6-17)16(23)21(14)9-12(3)4/h10-12H,5,7-9H2,1-4H3. The maximum absolute atomic E-state index is 12.7. The summed E-state index contributed by atoms with van der Waals surface area (Å²) in [6, 6.07) is 1.99. The van der Waals surface area contributed by atoms with Crippen molar-refractivity contribution in [2.75, 3.05) is 0 Å². The molecule has 0 radical (unpaired) electrons. The molecule has 0 aliphatic heterocycles. The molecule has 0 atom stereocenters. The SMILES string of the molecule is CC(C)Cn1cnc2c1c(=O)n(CCC#N)c(=O)n2CC(C)C. The van der Waals surface area contributed by atoms with Gasteiger partial charge in [-0.1, -0.05) is 27.7 Å². The maximum atomic E-state index is 12.7. The van der Waals surface area contributed by atoms with Crippen LogP contribution in [-0.2, 0) is 19.6 Å². The molecule has 0 N–H and O–H groups in total. The molecule has 0 saturated heterocycles. The number of hydrogen-bond donors (Lipinski definition) is 0. The van der Waals surface area contributed by atoms with Gasteiger partial charge in [0.2, 0.25) is 0 Å². The third-order valence-electron chi connectivity index (χ3n) is 3.54. The molecule has 0 bridgehead atoms. The van der Waals surface area contributed by atoms with E-state index in [4.69, 9.17) is 5.26 Å². The first-order valence-corrected chi connectivity index (χ1v) is 7.92. The first-order chi connectivity index (χ1) is 10.9. The summed E-state index contributed by atoms with van der Waals surface area (Å²) >= 11 is 0. The second-order valence-corrected chi connectivity index (χ2v) is 6.61. The van der Waals surface area contributed by atoms with Gasteiger partial charge in [0.1, 0.15) is 0 Å². The van der Waals surface area contributed by atoms with Crippen LogP contribution in [0, 0.1) is 23.2 Å². The molecule has 2 heterocycles. The largest absolute Gasteiger partial charge is 0.332 e. The number of aromatic nitrogens is 4. The zero-order chi connectivity index (χ0) is 17.1. The van der Waals surface area contributed by atoms with Crippen molar-refractivity contribution in [3.05, 3.63) is 27.2 Å². The van der Waals surface area contributed by atoms with E-state index < -0.39 is 0 Å². The Hall–Kier alpha value is -2.36. The summed E-state index contributed by atoms with van der Waals surface area (Å²) in [5.41, 5.74) is 0.124.